The molecule has 5 nitrogen and oxygen atoms in total. The first-order chi connectivity index (χ1) is 8.84. The molecular formula is C13H18N4O. The van der Waals surface area contributed by atoms with Gasteiger partial charge in [-0.05, 0) is 12.1 Å². The first-order valence-corrected chi connectivity index (χ1v) is 6.36. The molecule has 96 valence electrons. The summed E-state index contributed by atoms with van der Waals surface area (Å²) in [5, 5.41) is 5.45. The zero-order valence-corrected chi connectivity index (χ0v) is 10.4. The van der Waals surface area contributed by atoms with E-state index < -0.39 is 0 Å². The third kappa shape index (κ3) is 2.19. The topological polar surface area (TPSA) is 56.3 Å². The van der Waals surface area contributed by atoms with Crippen molar-refractivity contribution >= 4 is 16.7 Å². The fraction of sp³-hybridized carbons (Fsp3) is 0.462. The summed E-state index contributed by atoms with van der Waals surface area (Å²) in [6, 6.07) is 8.10. The summed E-state index contributed by atoms with van der Waals surface area (Å²) in [5.41, 5.74) is 7.03. The minimum Gasteiger partial charge on any atom is -0.382 e. The quantitative estimate of drug-likeness (QED) is 0.876. The maximum absolute atomic E-state index is 5.92. The Balaban J connectivity index is 1.74. The Kier molecular flexibility index (Phi) is 3.17. The van der Waals surface area contributed by atoms with Crippen LogP contribution in [-0.2, 0) is 11.3 Å². The monoisotopic (exact) mass is 246 g/mol. The highest BCUT2D eigenvalue weighted by molar-refractivity contribution is 5.88. The number of fused-ring (bicyclic) bond motifs is 1. The lowest BCUT2D eigenvalue weighted by molar-refractivity contribution is 0.0361. The summed E-state index contributed by atoms with van der Waals surface area (Å²) in [7, 11) is 0. The number of rotatable bonds is 3. The van der Waals surface area contributed by atoms with Gasteiger partial charge in [0.1, 0.15) is 0 Å². The van der Waals surface area contributed by atoms with Crippen molar-refractivity contribution < 1.29 is 4.74 Å². The van der Waals surface area contributed by atoms with E-state index in [2.05, 4.69) is 16.1 Å². The van der Waals surface area contributed by atoms with Gasteiger partial charge in [0, 0.05) is 25.0 Å². The molecule has 1 fully saturated rings. The molecule has 5 heteroatoms. The van der Waals surface area contributed by atoms with E-state index in [1.54, 1.807) is 0 Å². The van der Waals surface area contributed by atoms with Gasteiger partial charge in [-0.3, -0.25) is 9.58 Å². The van der Waals surface area contributed by atoms with Crippen LogP contribution in [0, 0.1) is 0 Å². The average molecular weight is 246 g/mol. The summed E-state index contributed by atoms with van der Waals surface area (Å²) in [4.78, 5) is 2.40. The molecule has 0 spiro atoms. The van der Waals surface area contributed by atoms with Crippen molar-refractivity contribution in [2.45, 2.75) is 6.54 Å². The van der Waals surface area contributed by atoms with Gasteiger partial charge in [0.25, 0.3) is 0 Å². The van der Waals surface area contributed by atoms with Crippen LogP contribution in [-0.4, -0.2) is 47.5 Å². The van der Waals surface area contributed by atoms with Gasteiger partial charge in [-0.1, -0.05) is 12.1 Å². The van der Waals surface area contributed by atoms with Crippen molar-refractivity contribution in [2.75, 3.05) is 38.6 Å². The van der Waals surface area contributed by atoms with E-state index in [1.165, 1.54) is 0 Å². The zero-order valence-electron chi connectivity index (χ0n) is 10.4. The molecule has 18 heavy (non-hydrogen) atoms. The number of hydrogen-bond donors (Lipinski definition) is 1. The normalized spacial score (nSPS) is 17.3. The Labute approximate surface area is 106 Å². The predicted molar refractivity (Wildman–Crippen MR) is 71.4 cm³/mol. The molecule has 0 amide bonds. The molecule has 1 saturated heterocycles. The molecule has 2 heterocycles. The van der Waals surface area contributed by atoms with Crippen molar-refractivity contribution in [3.05, 3.63) is 24.3 Å². The second kappa shape index (κ2) is 4.96. The Hall–Kier alpha value is -1.59. The van der Waals surface area contributed by atoms with E-state index in [1.807, 2.05) is 22.9 Å². The second-order valence-corrected chi connectivity index (χ2v) is 4.58. The van der Waals surface area contributed by atoms with Gasteiger partial charge >= 0.3 is 0 Å². The van der Waals surface area contributed by atoms with Crippen molar-refractivity contribution in [3.63, 3.8) is 0 Å². The minimum absolute atomic E-state index is 0.618. The van der Waals surface area contributed by atoms with Gasteiger partial charge in [0.15, 0.2) is 5.82 Å². The molecule has 1 aromatic carbocycles. The zero-order chi connectivity index (χ0) is 12.4. The summed E-state index contributed by atoms with van der Waals surface area (Å²) >= 11 is 0. The van der Waals surface area contributed by atoms with Crippen molar-refractivity contribution in [2.24, 2.45) is 0 Å². The van der Waals surface area contributed by atoms with Crippen LogP contribution in [0.5, 0.6) is 0 Å². The van der Waals surface area contributed by atoms with Crippen molar-refractivity contribution in [1.82, 2.24) is 14.7 Å². The van der Waals surface area contributed by atoms with Crippen LogP contribution >= 0.6 is 0 Å². The number of anilines is 1. The first-order valence-electron chi connectivity index (χ1n) is 6.36. The number of ether oxygens (including phenoxy) is 1. The van der Waals surface area contributed by atoms with E-state index in [0.29, 0.717) is 5.82 Å². The van der Waals surface area contributed by atoms with Crippen LogP contribution in [0.3, 0.4) is 0 Å². The Morgan fingerprint density at radius 1 is 1.17 bits per heavy atom. The Morgan fingerprint density at radius 2 is 1.94 bits per heavy atom. The van der Waals surface area contributed by atoms with E-state index in [4.69, 9.17) is 10.5 Å². The van der Waals surface area contributed by atoms with E-state index in [9.17, 15) is 0 Å². The van der Waals surface area contributed by atoms with Gasteiger partial charge in [0.05, 0.1) is 25.3 Å². The lowest BCUT2D eigenvalue weighted by Crippen LogP contribution is -2.38. The summed E-state index contributed by atoms with van der Waals surface area (Å²) < 4.78 is 7.34. The molecule has 0 radical (unpaired) electrons. The van der Waals surface area contributed by atoms with Crippen LogP contribution < -0.4 is 5.73 Å². The van der Waals surface area contributed by atoms with Gasteiger partial charge in [-0.2, -0.15) is 5.10 Å². The highest BCUT2D eigenvalue weighted by Crippen LogP contribution is 2.19. The van der Waals surface area contributed by atoms with Crippen LogP contribution in [0.2, 0.25) is 0 Å². The minimum atomic E-state index is 0.618. The fourth-order valence-corrected chi connectivity index (χ4v) is 2.38. The maximum Gasteiger partial charge on any atom is 0.153 e. The van der Waals surface area contributed by atoms with Gasteiger partial charge in [-0.25, -0.2) is 0 Å². The molecule has 0 atom stereocenters. The lowest BCUT2D eigenvalue weighted by atomic mass is 10.2. The number of aromatic nitrogens is 2. The molecule has 0 aliphatic carbocycles. The van der Waals surface area contributed by atoms with E-state index in [0.717, 1.165) is 50.3 Å². The van der Waals surface area contributed by atoms with Crippen LogP contribution in [0.25, 0.3) is 10.9 Å². The standard InChI is InChI=1S/C13H18N4O/c14-13-11-3-1-2-4-12(11)17(15-13)6-5-16-7-9-18-10-8-16/h1-4H,5-10H2,(H2,14,15). The van der Waals surface area contributed by atoms with E-state index >= 15 is 0 Å². The van der Waals surface area contributed by atoms with Gasteiger partial charge < -0.3 is 10.5 Å². The molecule has 0 saturated carbocycles. The highest BCUT2D eigenvalue weighted by atomic mass is 16.5. The Bertz CT molecular complexity index is 531. The average Bonchev–Trinajstić information content (AvgIpc) is 2.75. The number of morpholine rings is 1. The third-order valence-electron chi connectivity index (χ3n) is 3.42. The smallest absolute Gasteiger partial charge is 0.153 e. The molecule has 0 bridgehead atoms. The second-order valence-electron chi connectivity index (χ2n) is 4.58. The largest absolute Gasteiger partial charge is 0.382 e. The number of nitrogens with zero attached hydrogens (tertiary/aromatic N) is 3. The Morgan fingerprint density at radius 3 is 2.78 bits per heavy atom. The number of nitrogen functional groups attached to an aromatic ring is 1. The van der Waals surface area contributed by atoms with Crippen molar-refractivity contribution in [1.29, 1.82) is 0 Å². The predicted octanol–water partition coefficient (Wildman–Crippen LogP) is 0.951. The summed E-state index contributed by atoms with van der Waals surface area (Å²) in [6.45, 7) is 5.56. The van der Waals surface area contributed by atoms with E-state index in [-0.39, 0.29) is 0 Å². The molecule has 2 aromatic rings. The fourth-order valence-electron chi connectivity index (χ4n) is 2.38. The third-order valence-corrected chi connectivity index (χ3v) is 3.42. The first kappa shape index (κ1) is 11.5. The number of hydrogen-bond acceptors (Lipinski definition) is 4. The lowest BCUT2D eigenvalue weighted by Gasteiger charge is -2.26. The number of benzene rings is 1. The summed E-state index contributed by atoms with van der Waals surface area (Å²) in [5.74, 6) is 0.618. The molecule has 1 aliphatic heterocycles. The highest BCUT2D eigenvalue weighted by Gasteiger charge is 2.12. The maximum atomic E-state index is 5.92. The molecule has 1 aromatic heterocycles. The van der Waals surface area contributed by atoms with Crippen LogP contribution in [0.15, 0.2) is 24.3 Å². The van der Waals surface area contributed by atoms with Crippen LogP contribution in [0.4, 0.5) is 5.82 Å². The van der Waals surface area contributed by atoms with Gasteiger partial charge in [0.2, 0.25) is 0 Å². The molecule has 0 unspecified atom stereocenters. The molecular weight excluding hydrogens is 228 g/mol. The van der Waals surface area contributed by atoms with Crippen LogP contribution in [0.1, 0.15) is 0 Å². The van der Waals surface area contributed by atoms with Gasteiger partial charge in [-0.15, -0.1) is 0 Å². The number of para-hydroxylation sites is 1. The SMILES string of the molecule is Nc1nn(CCN2CCOCC2)c2ccccc12. The summed E-state index contributed by atoms with van der Waals surface area (Å²) in [6.07, 6.45) is 0. The molecule has 1 aliphatic rings. The van der Waals surface area contributed by atoms with Crippen molar-refractivity contribution in [3.8, 4) is 0 Å². The molecule has 2 N–H and O–H groups in total. The molecule has 3 rings (SSSR count). The number of nitrogens with two attached hydrogens (primary N) is 1.